The average molecular weight is 260 g/mol. The minimum absolute atomic E-state index is 0.100. The number of aliphatic carboxylic acids is 1. The maximum Gasteiger partial charge on any atom is 0.408 e. The minimum atomic E-state index is -1.59. The number of carbonyl (C=O) groups excluding carboxylic acids is 2. The number of nitrogens with two attached hydrogens (primary N) is 1. The van der Waals surface area contributed by atoms with Gasteiger partial charge < -0.3 is 20.9 Å². The molecule has 104 valence electrons. The molecule has 18 heavy (non-hydrogen) atoms. The van der Waals surface area contributed by atoms with Crippen molar-refractivity contribution in [1.29, 1.82) is 0 Å². The van der Waals surface area contributed by atoms with Crippen molar-refractivity contribution in [2.75, 3.05) is 0 Å². The second-order valence-electron chi connectivity index (χ2n) is 5.23. The van der Waals surface area contributed by atoms with Gasteiger partial charge in [-0.2, -0.15) is 0 Å². The lowest BCUT2D eigenvalue weighted by atomic mass is 9.96. The van der Waals surface area contributed by atoms with Crippen molar-refractivity contribution in [3.63, 3.8) is 0 Å². The number of carboxylic acid groups (broad SMARTS) is 1. The fraction of sp³-hybridized carbons (Fsp3) is 0.727. The molecule has 0 spiro atoms. The molecule has 0 aromatic heterocycles. The Balaban J connectivity index is 4.66. The Labute approximate surface area is 106 Å². The number of rotatable bonds is 5. The second-order valence-corrected chi connectivity index (χ2v) is 5.23. The van der Waals surface area contributed by atoms with E-state index >= 15 is 0 Å². The van der Waals surface area contributed by atoms with Crippen LogP contribution in [0.5, 0.6) is 0 Å². The first-order valence-corrected chi connectivity index (χ1v) is 5.49. The summed E-state index contributed by atoms with van der Waals surface area (Å²) in [5.74, 6) is -1.89. The molecule has 0 heterocycles. The van der Waals surface area contributed by atoms with Crippen LogP contribution in [0.15, 0.2) is 0 Å². The van der Waals surface area contributed by atoms with Crippen LogP contribution in [-0.4, -0.2) is 34.2 Å². The number of hydrogen-bond acceptors (Lipinski definition) is 4. The highest BCUT2D eigenvalue weighted by Crippen LogP contribution is 2.15. The summed E-state index contributed by atoms with van der Waals surface area (Å²) in [6.07, 6.45) is -1.09. The lowest BCUT2D eigenvalue weighted by Crippen LogP contribution is -2.53. The van der Waals surface area contributed by atoms with Crippen molar-refractivity contribution in [2.24, 2.45) is 5.73 Å². The monoisotopic (exact) mass is 260 g/mol. The normalized spacial score (nSPS) is 14.4. The van der Waals surface area contributed by atoms with Crippen molar-refractivity contribution in [1.82, 2.24) is 5.32 Å². The third-order valence-corrected chi connectivity index (χ3v) is 2.12. The molecule has 0 unspecified atom stereocenters. The minimum Gasteiger partial charge on any atom is -0.480 e. The van der Waals surface area contributed by atoms with E-state index in [9.17, 15) is 14.4 Å². The van der Waals surface area contributed by atoms with Gasteiger partial charge in [-0.25, -0.2) is 9.59 Å². The molecule has 7 heteroatoms. The first kappa shape index (κ1) is 16.2. The Morgan fingerprint density at radius 2 is 1.72 bits per heavy atom. The Hall–Kier alpha value is -1.79. The van der Waals surface area contributed by atoms with Crippen LogP contribution in [0.1, 0.15) is 40.5 Å². The van der Waals surface area contributed by atoms with Crippen molar-refractivity contribution in [2.45, 2.75) is 51.7 Å². The van der Waals surface area contributed by atoms with E-state index in [-0.39, 0.29) is 12.8 Å². The van der Waals surface area contributed by atoms with Crippen LogP contribution in [0.4, 0.5) is 4.79 Å². The van der Waals surface area contributed by atoms with Gasteiger partial charge in [0.1, 0.15) is 11.1 Å². The number of ether oxygens (including phenoxy) is 1. The van der Waals surface area contributed by atoms with Gasteiger partial charge >= 0.3 is 12.1 Å². The summed E-state index contributed by atoms with van der Waals surface area (Å²) in [4.78, 5) is 33.3. The van der Waals surface area contributed by atoms with Gasteiger partial charge in [0, 0.05) is 6.42 Å². The number of amides is 2. The Morgan fingerprint density at radius 3 is 2.06 bits per heavy atom. The molecule has 0 saturated carbocycles. The highest BCUT2D eigenvalue weighted by molar-refractivity contribution is 5.85. The standard InChI is InChI=1S/C11H20N2O5/c1-10(2,3)18-9(17)13-11(4,8(15)16)6-5-7(12)14/h5-6H2,1-4H3,(H2,12,14)(H,13,17)(H,15,16)/t11-/m1/s1. The van der Waals surface area contributed by atoms with Crippen LogP contribution in [0.3, 0.4) is 0 Å². The summed E-state index contributed by atoms with van der Waals surface area (Å²) in [6.45, 7) is 6.28. The van der Waals surface area contributed by atoms with E-state index in [1.807, 2.05) is 0 Å². The van der Waals surface area contributed by atoms with E-state index in [2.05, 4.69) is 5.32 Å². The van der Waals surface area contributed by atoms with Crippen LogP contribution in [-0.2, 0) is 14.3 Å². The van der Waals surface area contributed by atoms with Crippen molar-refractivity contribution in [3.05, 3.63) is 0 Å². The molecule has 1 atom stereocenters. The van der Waals surface area contributed by atoms with Crippen LogP contribution in [0.2, 0.25) is 0 Å². The number of carbonyl (C=O) groups is 3. The molecule has 2 amide bonds. The van der Waals surface area contributed by atoms with Crippen molar-refractivity contribution >= 4 is 18.0 Å². The van der Waals surface area contributed by atoms with E-state index in [0.29, 0.717) is 0 Å². The second kappa shape index (κ2) is 5.70. The molecule has 0 bridgehead atoms. The summed E-state index contributed by atoms with van der Waals surface area (Å²) < 4.78 is 4.96. The molecule has 0 aromatic rings. The lowest BCUT2D eigenvalue weighted by Gasteiger charge is -2.28. The number of carboxylic acids is 1. The van der Waals surface area contributed by atoms with E-state index in [1.54, 1.807) is 20.8 Å². The third kappa shape index (κ3) is 6.07. The number of primary amides is 1. The number of alkyl carbamates (subject to hydrolysis) is 1. The van der Waals surface area contributed by atoms with Crippen molar-refractivity contribution in [3.8, 4) is 0 Å². The van der Waals surface area contributed by atoms with Gasteiger partial charge in [-0.15, -0.1) is 0 Å². The van der Waals surface area contributed by atoms with Gasteiger partial charge in [-0.3, -0.25) is 4.79 Å². The van der Waals surface area contributed by atoms with Crippen molar-refractivity contribution < 1.29 is 24.2 Å². The molecule has 0 radical (unpaired) electrons. The summed E-state index contributed by atoms with van der Waals surface area (Å²) in [5, 5.41) is 11.3. The third-order valence-electron chi connectivity index (χ3n) is 2.12. The Morgan fingerprint density at radius 1 is 1.22 bits per heavy atom. The molecular weight excluding hydrogens is 240 g/mol. The van der Waals surface area contributed by atoms with Gasteiger partial charge in [0.05, 0.1) is 0 Å². The van der Waals surface area contributed by atoms with Gasteiger partial charge in [0.2, 0.25) is 5.91 Å². The van der Waals surface area contributed by atoms with Gasteiger partial charge in [-0.05, 0) is 34.1 Å². The Kier molecular flexibility index (Phi) is 5.13. The van der Waals surface area contributed by atoms with Crippen LogP contribution >= 0.6 is 0 Å². The molecule has 0 aliphatic heterocycles. The number of hydrogen-bond donors (Lipinski definition) is 3. The summed E-state index contributed by atoms with van der Waals surface area (Å²) >= 11 is 0. The van der Waals surface area contributed by atoms with Crippen LogP contribution < -0.4 is 11.1 Å². The average Bonchev–Trinajstić information content (AvgIpc) is 2.11. The maximum absolute atomic E-state index is 11.5. The Bertz CT molecular complexity index is 348. The van der Waals surface area contributed by atoms with E-state index < -0.39 is 29.1 Å². The van der Waals surface area contributed by atoms with Gasteiger partial charge in [0.15, 0.2) is 0 Å². The SMILES string of the molecule is CC(C)(C)OC(=O)N[C@](C)(CCC(N)=O)C(=O)O. The number of nitrogens with one attached hydrogen (secondary N) is 1. The summed E-state index contributed by atoms with van der Waals surface area (Å²) in [7, 11) is 0. The summed E-state index contributed by atoms with van der Waals surface area (Å²) in [6, 6.07) is 0. The molecule has 0 saturated heterocycles. The fourth-order valence-corrected chi connectivity index (χ4v) is 1.12. The molecule has 0 fully saturated rings. The molecular formula is C11H20N2O5. The van der Waals surface area contributed by atoms with Gasteiger partial charge in [-0.1, -0.05) is 0 Å². The zero-order chi connectivity index (χ0) is 14.6. The highest BCUT2D eigenvalue weighted by atomic mass is 16.6. The molecule has 0 rings (SSSR count). The lowest BCUT2D eigenvalue weighted by molar-refractivity contribution is -0.144. The smallest absolute Gasteiger partial charge is 0.408 e. The zero-order valence-corrected chi connectivity index (χ0v) is 11.1. The van der Waals surface area contributed by atoms with Crippen LogP contribution in [0, 0.1) is 0 Å². The first-order valence-electron chi connectivity index (χ1n) is 5.49. The quantitative estimate of drug-likeness (QED) is 0.669. The van der Waals surface area contributed by atoms with E-state index in [4.69, 9.17) is 15.6 Å². The van der Waals surface area contributed by atoms with Gasteiger partial charge in [0.25, 0.3) is 0 Å². The molecule has 7 nitrogen and oxygen atoms in total. The zero-order valence-electron chi connectivity index (χ0n) is 11.1. The predicted octanol–water partition coefficient (Wildman–Crippen LogP) is 0.620. The summed E-state index contributed by atoms with van der Waals surface area (Å²) in [5.41, 5.74) is 2.64. The fourth-order valence-electron chi connectivity index (χ4n) is 1.12. The molecule has 0 aliphatic carbocycles. The van der Waals surface area contributed by atoms with E-state index in [1.165, 1.54) is 6.92 Å². The van der Waals surface area contributed by atoms with Crippen LogP contribution in [0.25, 0.3) is 0 Å². The predicted molar refractivity (Wildman–Crippen MR) is 63.8 cm³/mol. The molecule has 0 aromatic carbocycles. The first-order chi connectivity index (χ1) is 7.96. The highest BCUT2D eigenvalue weighted by Gasteiger charge is 2.36. The molecule has 4 N–H and O–H groups in total. The largest absolute Gasteiger partial charge is 0.480 e. The molecule has 0 aliphatic rings. The topological polar surface area (TPSA) is 119 Å². The van der Waals surface area contributed by atoms with E-state index in [0.717, 1.165) is 0 Å². The maximum atomic E-state index is 11.5.